The number of rotatable bonds is 1. The van der Waals surface area contributed by atoms with Gasteiger partial charge in [0.25, 0.3) is 0 Å². The zero-order valence-corrected chi connectivity index (χ0v) is 9.95. The zero-order valence-electron chi connectivity index (χ0n) is 9.14. The number of hydrogen-bond donors (Lipinski definition) is 1. The van der Waals surface area contributed by atoms with E-state index < -0.39 is 9.84 Å². The van der Waals surface area contributed by atoms with Crippen LogP contribution in [0.1, 0.15) is 0 Å². The van der Waals surface area contributed by atoms with E-state index in [2.05, 4.69) is 9.97 Å². The number of H-pyrrole nitrogens is 1. The van der Waals surface area contributed by atoms with E-state index in [0.29, 0.717) is 5.39 Å². The molecule has 0 saturated carbocycles. The Balaban J connectivity index is 2.61. The van der Waals surface area contributed by atoms with E-state index in [0.717, 1.165) is 16.4 Å². The number of para-hydroxylation sites is 1. The minimum absolute atomic E-state index is 0.132. The van der Waals surface area contributed by atoms with Crippen molar-refractivity contribution in [2.75, 3.05) is 6.26 Å². The molecule has 3 aromatic rings. The lowest BCUT2D eigenvalue weighted by Crippen LogP contribution is -2.00. The van der Waals surface area contributed by atoms with Crippen LogP contribution < -0.4 is 0 Å². The molecule has 3 rings (SSSR count). The second-order valence-corrected chi connectivity index (χ2v) is 5.91. The van der Waals surface area contributed by atoms with Crippen molar-refractivity contribution in [3.63, 3.8) is 0 Å². The maximum absolute atomic E-state index is 11.7. The maximum atomic E-state index is 11.7. The molecular weight excluding hydrogens is 236 g/mol. The molecule has 2 aromatic heterocycles. The quantitative estimate of drug-likeness (QED) is 0.715. The fourth-order valence-electron chi connectivity index (χ4n) is 2.04. The predicted octanol–water partition coefficient (Wildman–Crippen LogP) is 2.12. The molecule has 1 N–H and O–H groups in total. The average Bonchev–Trinajstić information content (AvgIpc) is 2.65. The first-order chi connectivity index (χ1) is 8.07. The van der Waals surface area contributed by atoms with Crippen LogP contribution in [0.3, 0.4) is 0 Å². The van der Waals surface area contributed by atoms with Crippen molar-refractivity contribution < 1.29 is 8.42 Å². The van der Waals surface area contributed by atoms with Crippen molar-refractivity contribution in [2.24, 2.45) is 0 Å². The Morgan fingerprint density at radius 2 is 1.88 bits per heavy atom. The highest BCUT2D eigenvalue weighted by Crippen LogP contribution is 2.29. The largest absolute Gasteiger partial charge is 0.354 e. The van der Waals surface area contributed by atoms with Gasteiger partial charge in [-0.05, 0) is 12.1 Å². The van der Waals surface area contributed by atoms with Crippen LogP contribution in [-0.2, 0) is 9.84 Å². The monoisotopic (exact) mass is 246 g/mol. The van der Waals surface area contributed by atoms with Gasteiger partial charge >= 0.3 is 0 Å². The summed E-state index contributed by atoms with van der Waals surface area (Å²) in [7, 11) is -3.32. The zero-order chi connectivity index (χ0) is 12.0. The Morgan fingerprint density at radius 1 is 1.12 bits per heavy atom. The Labute approximate surface area is 98.2 Å². The van der Waals surface area contributed by atoms with Gasteiger partial charge in [0.15, 0.2) is 14.9 Å². The average molecular weight is 246 g/mol. The van der Waals surface area contributed by atoms with E-state index in [1.54, 1.807) is 6.07 Å². The molecule has 0 radical (unpaired) electrons. The lowest BCUT2D eigenvalue weighted by molar-refractivity contribution is 0.599. The minimum atomic E-state index is -3.32. The number of aromatic nitrogens is 2. The number of benzene rings is 1. The molecule has 86 valence electrons. The first kappa shape index (κ1) is 10.3. The number of pyridine rings is 1. The van der Waals surface area contributed by atoms with Gasteiger partial charge in [-0.2, -0.15) is 0 Å². The fourth-order valence-corrected chi connectivity index (χ4v) is 2.89. The van der Waals surface area contributed by atoms with E-state index in [4.69, 9.17) is 0 Å². The second-order valence-electron chi connectivity index (χ2n) is 3.98. The standard InChI is InChI=1S/C12H10N2O2S/c1-17(15,16)12-11-8-4-2-3-5-9(8)14-10(11)6-7-13-12/h2-7,14H,1H3. The third kappa shape index (κ3) is 1.51. The smallest absolute Gasteiger partial charge is 0.193 e. The van der Waals surface area contributed by atoms with Crippen LogP contribution in [0.15, 0.2) is 41.6 Å². The summed E-state index contributed by atoms with van der Waals surface area (Å²) in [6.45, 7) is 0. The van der Waals surface area contributed by atoms with Gasteiger partial charge in [-0.1, -0.05) is 18.2 Å². The van der Waals surface area contributed by atoms with Crippen LogP contribution in [-0.4, -0.2) is 24.6 Å². The second kappa shape index (κ2) is 3.30. The third-order valence-electron chi connectivity index (χ3n) is 2.73. The van der Waals surface area contributed by atoms with Gasteiger partial charge in [-0.15, -0.1) is 0 Å². The molecule has 1 aromatic carbocycles. The van der Waals surface area contributed by atoms with Gasteiger partial charge < -0.3 is 4.98 Å². The molecule has 5 heteroatoms. The summed E-state index contributed by atoms with van der Waals surface area (Å²) in [5.74, 6) is 0. The van der Waals surface area contributed by atoms with Gasteiger partial charge in [0.1, 0.15) is 0 Å². The van der Waals surface area contributed by atoms with Crippen molar-refractivity contribution in [3.8, 4) is 0 Å². The van der Waals surface area contributed by atoms with E-state index in [9.17, 15) is 8.42 Å². The number of nitrogens with zero attached hydrogens (tertiary/aromatic N) is 1. The Hall–Kier alpha value is -1.88. The number of hydrogen-bond acceptors (Lipinski definition) is 3. The van der Waals surface area contributed by atoms with E-state index in [1.165, 1.54) is 12.5 Å². The summed E-state index contributed by atoms with van der Waals surface area (Å²) in [5, 5.41) is 1.69. The lowest BCUT2D eigenvalue weighted by atomic mass is 10.2. The SMILES string of the molecule is CS(=O)(=O)c1nccc2[nH]c3ccccc3c12. The van der Waals surface area contributed by atoms with Crippen molar-refractivity contribution in [3.05, 3.63) is 36.5 Å². The molecule has 2 heterocycles. The van der Waals surface area contributed by atoms with Crippen LogP contribution >= 0.6 is 0 Å². The Bertz CT molecular complexity index is 819. The molecule has 4 nitrogen and oxygen atoms in total. The molecule has 0 atom stereocenters. The molecule has 0 aliphatic carbocycles. The highest BCUT2D eigenvalue weighted by molar-refractivity contribution is 7.90. The highest BCUT2D eigenvalue weighted by atomic mass is 32.2. The summed E-state index contributed by atoms with van der Waals surface area (Å²) in [5.41, 5.74) is 1.71. The van der Waals surface area contributed by atoms with Gasteiger partial charge in [0.05, 0.1) is 5.52 Å². The summed E-state index contributed by atoms with van der Waals surface area (Å²) >= 11 is 0. The van der Waals surface area contributed by atoms with Crippen molar-refractivity contribution in [2.45, 2.75) is 5.03 Å². The first-order valence-electron chi connectivity index (χ1n) is 5.13. The van der Waals surface area contributed by atoms with Crippen LogP contribution in [0.2, 0.25) is 0 Å². The van der Waals surface area contributed by atoms with E-state index >= 15 is 0 Å². The molecule has 0 fully saturated rings. The van der Waals surface area contributed by atoms with E-state index in [-0.39, 0.29) is 5.03 Å². The third-order valence-corrected chi connectivity index (χ3v) is 3.75. The molecule has 0 aliphatic rings. The Morgan fingerprint density at radius 3 is 2.65 bits per heavy atom. The topological polar surface area (TPSA) is 62.8 Å². The fraction of sp³-hybridized carbons (Fsp3) is 0.0833. The summed E-state index contributed by atoms with van der Waals surface area (Å²) in [4.78, 5) is 7.18. The maximum Gasteiger partial charge on any atom is 0.193 e. The van der Waals surface area contributed by atoms with E-state index in [1.807, 2.05) is 24.3 Å². The number of fused-ring (bicyclic) bond motifs is 3. The van der Waals surface area contributed by atoms with Gasteiger partial charge in [-0.25, -0.2) is 13.4 Å². The summed E-state index contributed by atoms with van der Waals surface area (Å²) in [6, 6.07) is 9.38. The van der Waals surface area contributed by atoms with Crippen LogP contribution in [0.4, 0.5) is 0 Å². The van der Waals surface area contributed by atoms with Crippen molar-refractivity contribution >= 4 is 31.6 Å². The summed E-state index contributed by atoms with van der Waals surface area (Å²) < 4.78 is 23.4. The number of nitrogens with one attached hydrogen (secondary N) is 1. The molecule has 17 heavy (non-hydrogen) atoms. The normalized spacial score (nSPS) is 12.3. The molecular formula is C12H10N2O2S. The van der Waals surface area contributed by atoms with Crippen LogP contribution in [0.25, 0.3) is 21.8 Å². The number of sulfone groups is 1. The number of aromatic amines is 1. The summed E-state index contributed by atoms with van der Waals surface area (Å²) in [6.07, 6.45) is 2.69. The molecule has 0 spiro atoms. The van der Waals surface area contributed by atoms with Gasteiger partial charge in [-0.3, -0.25) is 0 Å². The molecule has 0 aliphatic heterocycles. The first-order valence-corrected chi connectivity index (χ1v) is 7.02. The molecule has 0 bridgehead atoms. The van der Waals surface area contributed by atoms with Crippen LogP contribution in [0, 0.1) is 0 Å². The van der Waals surface area contributed by atoms with Gasteiger partial charge in [0, 0.05) is 28.7 Å². The van der Waals surface area contributed by atoms with Crippen molar-refractivity contribution in [1.29, 1.82) is 0 Å². The molecule has 0 unspecified atom stereocenters. The van der Waals surface area contributed by atoms with Gasteiger partial charge in [0.2, 0.25) is 0 Å². The van der Waals surface area contributed by atoms with Crippen molar-refractivity contribution in [1.82, 2.24) is 9.97 Å². The van der Waals surface area contributed by atoms with Crippen LogP contribution in [0.5, 0.6) is 0 Å². The Kier molecular flexibility index (Phi) is 2.00. The lowest BCUT2D eigenvalue weighted by Gasteiger charge is -1.99. The predicted molar refractivity (Wildman–Crippen MR) is 66.7 cm³/mol. The molecule has 0 saturated heterocycles. The molecule has 0 amide bonds. The minimum Gasteiger partial charge on any atom is -0.354 e. The highest BCUT2D eigenvalue weighted by Gasteiger charge is 2.16.